The molecule has 18 heavy (non-hydrogen) atoms. The first-order chi connectivity index (χ1) is 8.49. The number of hydrogen-bond donors (Lipinski definition) is 1. The van der Waals surface area contributed by atoms with Crippen LogP contribution < -0.4 is 9.47 Å². The van der Waals surface area contributed by atoms with Gasteiger partial charge in [-0.05, 0) is 6.08 Å². The van der Waals surface area contributed by atoms with Gasteiger partial charge in [-0.2, -0.15) is 0 Å². The van der Waals surface area contributed by atoms with E-state index in [-0.39, 0.29) is 22.7 Å². The van der Waals surface area contributed by atoms with Gasteiger partial charge >= 0.3 is 11.7 Å². The van der Waals surface area contributed by atoms with E-state index in [0.717, 1.165) is 6.08 Å². The summed E-state index contributed by atoms with van der Waals surface area (Å²) in [6.07, 6.45) is 2.08. The molecule has 0 aliphatic heterocycles. The fourth-order valence-corrected chi connectivity index (χ4v) is 1.34. The Morgan fingerprint density at radius 3 is 2.39 bits per heavy atom. The second-order valence-electron chi connectivity index (χ2n) is 3.19. The molecular formula is C11H11NO6. The zero-order valence-electron chi connectivity index (χ0n) is 9.75. The maximum atomic E-state index is 10.8. The van der Waals surface area contributed by atoms with E-state index >= 15 is 0 Å². The predicted molar refractivity (Wildman–Crippen MR) is 62.9 cm³/mol. The number of aliphatic carboxylic acids is 1. The second-order valence-corrected chi connectivity index (χ2v) is 3.19. The largest absolute Gasteiger partial charge is 0.496 e. The molecule has 0 unspecified atom stereocenters. The molecule has 1 aromatic carbocycles. The smallest absolute Gasteiger partial charge is 0.328 e. The molecule has 0 aliphatic rings. The maximum absolute atomic E-state index is 10.8. The third-order valence-corrected chi connectivity index (χ3v) is 2.13. The van der Waals surface area contributed by atoms with Crippen LogP contribution in [-0.2, 0) is 4.79 Å². The number of ether oxygens (including phenoxy) is 2. The molecular weight excluding hydrogens is 242 g/mol. The van der Waals surface area contributed by atoms with Gasteiger partial charge in [0.25, 0.3) is 0 Å². The number of rotatable bonds is 5. The van der Waals surface area contributed by atoms with Crippen molar-refractivity contribution in [2.24, 2.45) is 0 Å². The van der Waals surface area contributed by atoms with Crippen LogP contribution in [0.3, 0.4) is 0 Å². The van der Waals surface area contributed by atoms with Gasteiger partial charge in [0.2, 0.25) is 5.75 Å². The molecule has 7 heteroatoms. The summed E-state index contributed by atoms with van der Waals surface area (Å²) in [6, 6.07) is 2.52. The fraction of sp³-hybridized carbons (Fsp3) is 0.182. The van der Waals surface area contributed by atoms with Crippen LogP contribution in [0, 0.1) is 10.1 Å². The van der Waals surface area contributed by atoms with E-state index in [1.54, 1.807) is 0 Å². The van der Waals surface area contributed by atoms with Crippen LogP contribution in [0.15, 0.2) is 18.2 Å². The summed E-state index contributed by atoms with van der Waals surface area (Å²) in [5.41, 5.74) is 0.0238. The number of nitro groups is 1. The lowest BCUT2D eigenvalue weighted by atomic mass is 10.1. The van der Waals surface area contributed by atoms with Crippen LogP contribution in [0.5, 0.6) is 11.5 Å². The van der Waals surface area contributed by atoms with Crippen LogP contribution in [0.2, 0.25) is 0 Å². The first kappa shape index (κ1) is 13.5. The van der Waals surface area contributed by atoms with Crippen molar-refractivity contribution in [1.29, 1.82) is 0 Å². The molecule has 0 radical (unpaired) electrons. The molecule has 0 spiro atoms. The molecule has 96 valence electrons. The number of methoxy groups -OCH3 is 2. The zero-order valence-corrected chi connectivity index (χ0v) is 9.75. The highest BCUT2D eigenvalue weighted by Gasteiger charge is 2.18. The van der Waals surface area contributed by atoms with Gasteiger partial charge in [0.15, 0.2) is 0 Å². The van der Waals surface area contributed by atoms with E-state index in [9.17, 15) is 14.9 Å². The number of benzene rings is 1. The van der Waals surface area contributed by atoms with E-state index in [4.69, 9.17) is 14.6 Å². The minimum atomic E-state index is -1.16. The maximum Gasteiger partial charge on any atom is 0.328 e. The molecule has 0 amide bonds. The first-order valence-electron chi connectivity index (χ1n) is 4.81. The van der Waals surface area contributed by atoms with Crippen LogP contribution in [0.25, 0.3) is 6.08 Å². The minimum absolute atomic E-state index is 0.0457. The van der Waals surface area contributed by atoms with Crippen molar-refractivity contribution >= 4 is 17.7 Å². The van der Waals surface area contributed by atoms with Crippen LogP contribution in [-0.4, -0.2) is 30.2 Å². The predicted octanol–water partition coefficient (Wildman–Crippen LogP) is 1.71. The van der Waals surface area contributed by atoms with Gasteiger partial charge in [-0.25, -0.2) is 4.79 Å². The molecule has 1 N–H and O–H groups in total. The lowest BCUT2D eigenvalue weighted by molar-refractivity contribution is -0.385. The highest BCUT2D eigenvalue weighted by Crippen LogP contribution is 2.34. The van der Waals surface area contributed by atoms with E-state index < -0.39 is 10.9 Å². The molecule has 0 fully saturated rings. The van der Waals surface area contributed by atoms with Crippen molar-refractivity contribution in [1.82, 2.24) is 0 Å². The summed E-state index contributed by atoms with van der Waals surface area (Å²) >= 11 is 0. The standard InChI is InChI=1S/C11H11NO6/c1-17-9-6-10(18-2)8(12(15)16)5-7(9)3-4-11(13)14/h3-6H,1-2H3,(H,13,14). The van der Waals surface area contributed by atoms with E-state index in [1.165, 1.54) is 32.4 Å². The monoisotopic (exact) mass is 253 g/mol. The average molecular weight is 253 g/mol. The summed E-state index contributed by atoms with van der Waals surface area (Å²) in [5, 5.41) is 19.3. The number of nitrogens with zero attached hydrogens (tertiary/aromatic N) is 1. The third kappa shape index (κ3) is 2.97. The molecule has 0 aliphatic carbocycles. The average Bonchev–Trinajstić information content (AvgIpc) is 2.34. The van der Waals surface area contributed by atoms with Crippen molar-refractivity contribution in [3.8, 4) is 11.5 Å². The molecule has 0 aromatic heterocycles. The normalized spacial score (nSPS) is 10.3. The van der Waals surface area contributed by atoms with E-state index in [1.807, 2.05) is 0 Å². The Bertz CT molecular complexity index is 509. The first-order valence-corrected chi connectivity index (χ1v) is 4.81. The van der Waals surface area contributed by atoms with E-state index in [0.29, 0.717) is 0 Å². The zero-order chi connectivity index (χ0) is 13.7. The Labute approximate surface area is 102 Å². The molecule has 0 atom stereocenters. The van der Waals surface area contributed by atoms with Crippen molar-refractivity contribution in [3.63, 3.8) is 0 Å². The molecule has 0 saturated heterocycles. The number of carboxylic acids is 1. The lowest BCUT2D eigenvalue weighted by Crippen LogP contribution is -1.97. The van der Waals surface area contributed by atoms with Crippen molar-refractivity contribution in [2.45, 2.75) is 0 Å². The highest BCUT2D eigenvalue weighted by atomic mass is 16.6. The summed E-state index contributed by atoms with van der Waals surface area (Å²) in [4.78, 5) is 20.6. The third-order valence-electron chi connectivity index (χ3n) is 2.13. The molecule has 0 saturated carbocycles. The number of carbonyl (C=O) groups is 1. The van der Waals surface area contributed by atoms with Gasteiger partial charge in [-0.3, -0.25) is 10.1 Å². The van der Waals surface area contributed by atoms with Crippen LogP contribution in [0.4, 0.5) is 5.69 Å². The minimum Gasteiger partial charge on any atom is -0.496 e. The summed E-state index contributed by atoms with van der Waals surface area (Å²) in [5.74, 6) is -0.824. The van der Waals surface area contributed by atoms with E-state index in [2.05, 4.69) is 0 Å². The molecule has 1 rings (SSSR count). The van der Waals surface area contributed by atoms with Gasteiger partial charge in [0, 0.05) is 23.8 Å². The van der Waals surface area contributed by atoms with Crippen molar-refractivity contribution in [2.75, 3.05) is 14.2 Å². The van der Waals surface area contributed by atoms with Gasteiger partial charge < -0.3 is 14.6 Å². The van der Waals surface area contributed by atoms with Gasteiger partial charge in [0.1, 0.15) is 5.75 Å². The Morgan fingerprint density at radius 2 is 1.94 bits per heavy atom. The fourth-order valence-electron chi connectivity index (χ4n) is 1.34. The number of carboxylic acid groups (broad SMARTS) is 1. The van der Waals surface area contributed by atoms with Gasteiger partial charge in [-0.15, -0.1) is 0 Å². The molecule has 0 bridgehead atoms. The number of nitro benzene ring substituents is 1. The SMILES string of the molecule is COc1cc(OC)c([N+](=O)[O-])cc1C=CC(=O)O. The number of hydrogen-bond acceptors (Lipinski definition) is 5. The second kappa shape index (κ2) is 5.67. The Morgan fingerprint density at radius 1 is 1.33 bits per heavy atom. The Balaban J connectivity index is 3.36. The van der Waals surface area contributed by atoms with Crippen molar-refractivity contribution in [3.05, 3.63) is 33.9 Å². The Kier molecular flexibility index (Phi) is 4.25. The molecule has 1 aromatic rings. The topological polar surface area (TPSA) is 98.9 Å². The van der Waals surface area contributed by atoms with Crippen molar-refractivity contribution < 1.29 is 24.3 Å². The summed E-state index contributed by atoms with van der Waals surface area (Å²) in [6.45, 7) is 0. The van der Waals surface area contributed by atoms with Gasteiger partial charge in [0.05, 0.1) is 19.1 Å². The quantitative estimate of drug-likeness (QED) is 0.487. The molecule has 7 nitrogen and oxygen atoms in total. The summed E-state index contributed by atoms with van der Waals surface area (Å²) in [7, 11) is 2.67. The highest BCUT2D eigenvalue weighted by molar-refractivity contribution is 5.86. The van der Waals surface area contributed by atoms with Crippen LogP contribution >= 0.6 is 0 Å². The molecule has 0 heterocycles. The van der Waals surface area contributed by atoms with Gasteiger partial charge in [-0.1, -0.05) is 0 Å². The lowest BCUT2D eigenvalue weighted by Gasteiger charge is -2.08. The van der Waals surface area contributed by atoms with Crippen LogP contribution in [0.1, 0.15) is 5.56 Å². The Hall–Kier alpha value is -2.57. The summed E-state index contributed by atoms with van der Waals surface area (Å²) < 4.78 is 9.88.